The van der Waals surface area contributed by atoms with Gasteiger partial charge in [0.05, 0.1) is 12.6 Å². The highest BCUT2D eigenvalue weighted by Crippen LogP contribution is 2.30. The Hall–Kier alpha value is -3.22. The number of nitrogens with one attached hydrogen (secondary N) is 2. The second-order valence-electron chi connectivity index (χ2n) is 7.90. The Balaban J connectivity index is 1.28. The van der Waals surface area contributed by atoms with Gasteiger partial charge >= 0.3 is 0 Å². The topological polar surface area (TPSA) is 53.0 Å². The first-order chi connectivity index (χ1) is 15.1. The maximum atomic E-state index is 13.8. The molecule has 0 aliphatic rings. The highest BCUT2D eigenvalue weighted by molar-refractivity contribution is 6.08. The van der Waals surface area contributed by atoms with Crippen LogP contribution >= 0.6 is 0 Å². The lowest BCUT2D eigenvalue weighted by atomic mass is 10.1. The molecule has 5 rings (SSSR count). The minimum Gasteiger partial charge on any atom is -0.390 e. The second kappa shape index (κ2) is 8.13. The van der Waals surface area contributed by atoms with Gasteiger partial charge in [0.15, 0.2) is 0 Å². The number of benzene rings is 3. The van der Waals surface area contributed by atoms with E-state index in [0.29, 0.717) is 23.9 Å². The van der Waals surface area contributed by atoms with E-state index < -0.39 is 6.10 Å². The molecule has 2 aromatic heterocycles. The van der Waals surface area contributed by atoms with E-state index in [0.717, 1.165) is 29.5 Å². The van der Waals surface area contributed by atoms with Crippen LogP contribution in [0.2, 0.25) is 0 Å². The van der Waals surface area contributed by atoms with Crippen molar-refractivity contribution in [1.29, 1.82) is 0 Å². The molecule has 3 N–H and O–H groups in total. The Bertz CT molecular complexity index is 1310. The quantitative estimate of drug-likeness (QED) is 0.334. The highest BCUT2D eigenvalue weighted by Gasteiger charge is 2.15. The summed E-state index contributed by atoms with van der Waals surface area (Å²) < 4.78 is 29.5. The molecular formula is C25H23F2N3O. The fraction of sp³-hybridized carbons (Fsp3) is 0.200. The van der Waals surface area contributed by atoms with E-state index in [1.165, 1.54) is 35.2 Å². The zero-order chi connectivity index (χ0) is 21.4. The molecule has 6 heteroatoms. The Kier molecular flexibility index (Phi) is 5.18. The molecule has 0 fully saturated rings. The summed E-state index contributed by atoms with van der Waals surface area (Å²) in [5.74, 6) is -0.731. The number of para-hydroxylation sites is 1. The molecule has 4 nitrogen and oxygen atoms in total. The van der Waals surface area contributed by atoms with Crippen molar-refractivity contribution >= 4 is 32.7 Å². The maximum Gasteiger partial charge on any atom is 0.123 e. The minimum atomic E-state index is -0.642. The van der Waals surface area contributed by atoms with Crippen molar-refractivity contribution in [2.24, 2.45) is 0 Å². The number of fused-ring (bicyclic) bond motifs is 4. The van der Waals surface area contributed by atoms with Gasteiger partial charge in [0.25, 0.3) is 0 Å². The number of aromatic nitrogens is 2. The number of aromatic amines is 1. The lowest BCUT2D eigenvalue weighted by molar-refractivity contribution is 0.154. The van der Waals surface area contributed by atoms with E-state index in [1.807, 2.05) is 22.9 Å². The van der Waals surface area contributed by atoms with E-state index in [1.54, 1.807) is 12.1 Å². The van der Waals surface area contributed by atoms with Gasteiger partial charge in [-0.2, -0.15) is 0 Å². The SMILES string of the molecule is OC(CNCCc1c[nH]c2ccccc12)Cn1c2ccc(F)cc2c2cc(F)ccc21. The summed E-state index contributed by atoms with van der Waals surface area (Å²) >= 11 is 0. The summed E-state index contributed by atoms with van der Waals surface area (Å²) in [6, 6.07) is 17.2. The molecule has 0 amide bonds. The van der Waals surface area contributed by atoms with Crippen LogP contribution in [0.5, 0.6) is 0 Å². The van der Waals surface area contributed by atoms with Crippen molar-refractivity contribution in [2.75, 3.05) is 13.1 Å². The van der Waals surface area contributed by atoms with Gasteiger partial charge in [-0.15, -0.1) is 0 Å². The first kappa shape index (κ1) is 19.7. The smallest absolute Gasteiger partial charge is 0.123 e. The van der Waals surface area contributed by atoms with E-state index in [2.05, 4.69) is 22.4 Å². The highest BCUT2D eigenvalue weighted by atomic mass is 19.1. The number of aliphatic hydroxyl groups excluding tert-OH is 1. The van der Waals surface area contributed by atoms with E-state index in [9.17, 15) is 13.9 Å². The molecule has 0 saturated carbocycles. The third-order valence-electron chi connectivity index (χ3n) is 5.81. The Labute approximate surface area is 178 Å². The lowest BCUT2D eigenvalue weighted by Gasteiger charge is -2.15. The number of halogens is 2. The molecule has 0 bridgehead atoms. The summed E-state index contributed by atoms with van der Waals surface area (Å²) in [6.07, 6.45) is 2.24. The van der Waals surface area contributed by atoms with Crippen LogP contribution in [-0.4, -0.2) is 33.9 Å². The van der Waals surface area contributed by atoms with Crippen molar-refractivity contribution < 1.29 is 13.9 Å². The Morgan fingerprint density at radius 2 is 1.58 bits per heavy atom. The first-order valence-electron chi connectivity index (χ1n) is 10.4. The first-order valence-corrected chi connectivity index (χ1v) is 10.4. The van der Waals surface area contributed by atoms with Gasteiger partial charge in [-0.05, 0) is 61.0 Å². The molecule has 0 aliphatic heterocycles. The number of H-pyrrole nitrogens is 1. The van der Waals surface area contributed by atoms with Crippen LogP contribution in [0.15, 0.2) is 66.9 Å². The van der Waals surface area contributed by atoms with Crippen LogP contribution in [0.4, 0.5) is 8.78 Å². The molecule has 0 saturated heterocycles. The van der Waals surface area contributed by atoms with Gasteiger partial charge in [0, 0.05) is 45.5 Å². The number of aliphatic hydroxyl groups is 1. The van der Waals surface area contributed by atoms with Crippen LogP contribution in [-0.2, 0) is 13.0 Å². The molecule has 3 aromatic carbocycles. The third kappa shape index (κ3) is 3.80. The van der Waals surface area contributed by atoms with E-state index in [4.69, 9.17) is 0 Å². The van der Waals surface area contributed by atoms with Crippen molar-refractivity contribution in [3.05, 3.63) is 84.1 Å². The predicted octanol–water partition coefficient (Wildman–Crippen LogP) is 4.75. The molecule has 31 heavy (non-hydrogen) atoms. The van der Waals surface area contributed by atoms with Gasteiger partial charge in [-0.25, -0.2) is 8.78 Å². The molecule has 2 heterocycles. The fourth-order valence-electron chi connectivity index (χ4n) is 4.35. The molecule has 1 unspecified atom stereocenters. The van der Waals surface area contributed by atoms with Crippen LogP contribution in [0.25, 0.3) is 32.7 Å². The number of hydrogen-bond donors (Lipinski definition) is 3. The normalized spacial score (nSPS) is 12.9. The third-order valence-corrected chi connectivity index (χ3v) is 5.81. The van der Waals surface area contributed by atoms with Crippen LogP contribution in [0.3, 0.4) is 0 Å². The Morgan fingerprint density at radius 3 is 2.29 bits per heavy atom. The lowest BCUT2D eigenvalue weighted by Crippen LogP contribution is -2.31. The van der Waals surface area contributed by atoms with Crippen molar-refractivity contribution in [3.63, 3.8) is 0 Å². The van der Waals surface area contributed by atoms with Crippen molar-refractivity contribution in [3.8, 4) is 0 Å². The molecule has 0 spiro atoms. The van der Waals surface area contributed by atoms with Gasteiger partial charge in [-0.3, -0.25) is 0 Å². The second-order valence-corrected chi connectivity index (χ2v) is 7.90. The van der Waals surface area contributed by atoms with Crippen LogP contribution < -0.4 is 5.32 Å². The summed E-state index contributed by atoms with van der Waals surface area (Å²) in [6.45, 7) is 1.49. The monoisotopic (exact) mass is 419 g/mol. The zero-order valence-electron chi connectivity index (χ0n) is 16.9. The summed E-state index contributed by atoms with van der Waals surface area (Å²) in [5, 5.41) is 16.5. The van der Waals surface area contributed by atoms with E-state index in [-0.39, 0.29) is 11.6 Å². The number of rotatable bonds is 7. The van der Waals surface area contributed by atoms with Crippen molar-refractivity contribution in [2.45, 2.75) is 19.1 Å². The van der Waals surface area contributed by atoms with Gasteiger partial charge in [-0.1, -0.05) is 18.2 Å². The van der Waals surface area contributed by atoms with Crippen molar-refractivity contribution in [1.82, 2.24) is 14.9 Å². The average Bonchev–Trinajstić information content (AvgIpc) is 3.30. The van der Waals surface area contributed by atoms with Gasteiger partial charge < -0.3 is 20.0 Å². The summed E-state index contributed by atoms with van der Waals surface area (Å²) in [4.78, 5) is 3.28. The molecule has 5 aromatic rings. The molecule has 158 valence electrons. The fourth-order valence-corrected chi connectivity index (χ4v) is 4.35. The van der Waals surface area contributed by atoms with E-state index >= 15 is 0 Å². The summed E-state index contributed by atoms with van der Waals surface area (Å²) in [7, 11) is 0. The minimum absolute atomic E-state index is 0.331. The molecule has 0 aliphatic carbocycles. The maximum absolute atomic E-state index is 13.8. The largest absolute Gasteiger partial charge is 0.390 e. The standard InChI is InChI=1S/C25H23F2N3O/c26-17-5-7-24-21(11-17)22-12-18(27)6-8-25(22)30(24)15-19(31)14-28-10-9-16-13-29-23-4-2-1-3-20(16)23/h1-8,11-13,19,28-29,31H,9-10,14-15H2. The predicted molar refractivity (Wildman–Crippen MR) is 120 cm³/mol. The zero-order valence-corrected chi connectivity index (χ0v) is 16.9. The van der Waals surface area contributed by atoms with Crippen LogP contribution in [0.1, 0.15) is 5.56 Å². The van der Waals surface area contributed by atoms with Gasteiger partial charge in [0.1, 0.15) is 11.6 Å². The molecule has 0 radical (unpaired) electrons. The number of hydrogen-bond acceptors (Lipinski definition) is 2. The number of nitrogens with zero attached hydrogens (tertiary/aromatic N) is 1. The Morgan fingerprint density at radius 1 is 0.903 bits per heavy atom. The molecule has 1 atom stereocenters. The summed E-state index contributed by atoms with van der Waals surface area (Å²) in [5.41, 5.74) is 3.92. The van der Waals surface area contributed by atoms with Crippen LogP contribution in [0, 0.1) is 11.6 Å². The van der Waals surface area contributed by atoms with Gasteiger partial charge in [0.2, 0.25) is 0 Å². The average molecular weight is 419 g/mol. The molecular weight excluding hydrogens is 396 g/mol.